The highest BCUT2D eigenvalue weighted by atomic mass is 35.5. The van der Waals surface area contributed by atoms with Crippen molar-refractivity contribution in [3.05, 3.63) is 17.5 Å². The first-order valence-electron chi connectivity index (χ1n) is 3.95. The lowest BCUT2D eigenvalue weighted by Crippen LogP contribution is -2.41. The van der Waals surface area contributed by atoms with E-state index in [0.717, 1.165) is 5.20 Å². The van der Waals surface area contributed by atoms with E-state index in [2.05, 4.69) is 32.0 Å². The van der Waals surface area contributed by atoms with Crippen LogP contribution in [0, 0.1) is 0 Å². The van der Waals surface area contributed by atoms with E-state index < -0.39 is 13.7 Å². The first kappa shape index (κ1) is 12.0. The normalized spacial score (nSPS) is 16.5. The van der Waals surface area contributed by atoms with E-state index in [9.17, 15) is 5.11 Å². The van der Waals surface area contributed by atoms with Gasteiger partial charge in [0.25, 0.3) is 0 Å². The number of alkyl halides is 1. The molecule has 0 saturated carbocycles. The molecule has 0 amide bonds. The summed E-state index contributed by atoms with van der Waals surface area (Å²) in [7, 11) is -1.53. The maximum atomic E-state index is 9.88. The van der Waals surface area contributed by atoms with Crippen LogP contribution in [0.3, 0.4) is 0 Å². The summed E-state index contributed by atoms with van der Waals surface area (Å²) in [6, 6.07) is 0. The van der Waals surface area contributed by atoms with Gasteiger partial charge < -0.3 is 5.11 Å². The highest BCUT2D eigenvalue weighted by Crippen LogP contribution is 2.26. The molecule has 1 unspecified atom stereocenters. The van der Waals surface area contributed by atoms with E-state index in [1.54, 1.807) is 6.92 Å². The fraction of sp³-hybridized carbons (Fsp3) is 0.667. The van der Waals surface area contributed by atoms with Gasteiger partial charge in [-0.15, -0.1) is 17.3 Å². The molecule has 0 aromatic carbocycles. The van der Waals surface area contributed by atoms with Crippen LogP contribution in [0.15, 0.2) is 17.5 Å². The summed E-state index contributed by atoms with van der Waals surface area (Å²) in [6.07, 6.45) is 0. The van der Waals surface area contributed by atoms with Gasteiger partial charge in [-0.05, 0) is 12.1 Å². The summed E-state index contributed by atoms with van der Waals surface area (Å²) in [6.45, 7) is 11.7. The van der Waals surface area contributed by atoms with Gasteiger partial charge >= 0.3 is 0 Å². The standard InChI is InChI=1S/C9H17ClOSi/c1-6-8(12(3,4)5)9(2,11)7-10/h11H,1,7H2,2-5H3. The molecule has 70 valence electrons. The molecule has 0 bridgehead atoms. The van der Waals surface area contributed by atoms with Gasteiger partial charge in [0.1, 0.15) is 0 Å². The molecule has 0 aliphatic heterocycles. The Morgan fingerprint density at radius 3 is 2.08 bits per heavy atom. The van der Waals surface area contributed by atoms with Gasteiger partial charge in [-0.25, -0.2) is 0 Å². The zero-order chi connectivity index (χ0) is 9.99. The first-order chi connectivity index (χ1) is 5.25. The van der Waals surface area contributed by atoms with Crippen molar-refractivity contribution in [1.29, 1.82) is 0 Å². The number of hydrogen-bond acceptors (Lipinski definition) is 1. The van der Waals surface area contributed by atoms with Gasteiger partial charge in [-0.2, -0.15) is 0 Å². The van der Waals surface area contributed by atoms with Crippen LogP contribution in [0.4, 0.5) is 0 Å². The molecular formula is C9H17ClOSi. The molecule has 0 radical (unpaired) electrons. The molecule has 0 rings (SSSR count). The summed E-state index contributed by atoms with van der Waals surface area (Å²) in [5.41, 5.74) is 1.89. The van der Waals surface area contributed by atoms with Crippen molar-refractivity contribution >= 4 is 19.7 Å². The zero-order valence-corrected chi connectivity index (χ0v) is 10.00. The van der Waals surface area contributed by atoms with Crippen molar-refractivity contribution in [2.24, 2.45) is 0 Å². The van der Waals surface area contributed by atoms with Gasteiger partial charge in [0.15, 0.2) is 0 Å². The maximum Gasteiger partial charge on any atom is 0.0999 e. The Morgan fingerprint density at radius 1 is 1.58 bits per heavy atom. The molecule has 1 atom stereocenters. The molecule has 3 heteroatoms. The monoisotopic (exact) mass is 204 g/mol. The lowest BCUT2D eigenvalue weighted by molar-refractivity contribution is 0.130. The minimum absolute atomic E-state index is 0.203. The molecule has 0 spiro atoms. The van der Waals surface area contributed by atoms with Crippen LogP contribution in [0.25, 0.3) is 0 Å². The summed E-state index contributed by atoms with van der Waals surface area (Å²) in [4.78, 5) is 0. The van der Waals surface area contributed by atoms with Crippen molar-refractivity contribution in [3.8, 4) is 0 Å². The van der Waals surface area contributed by atoms with E-state index in [1.165, 1.54) is 0 Å². The second-order valence-electron chi connectivity index (χ2n) is 4.21. The topological polar surface area (TPSA) is 20.2 Å². The average Bonchev–Trinajstić information content (AvgIpc) is 1.85. The predicted molar refractivity (Wildman–Crippen MR) is 57.3 cm³/mol. The molecule has 0 heterocycles. The molecule has 0 aliphatic carbocycles. The van der Waals surface area contributed by atoms with Gasteiger partial charge in [0.2, 0.25) is 0 Å². The van der Waals surface area contributed by atoms with Gasteiger partial charge in [-0.1, -0.05) is 26.2 Å². The largest absolute Gasteiger partial charge is 0.384 e. The highest BCUT2D eigenvalue weighted by molar-refractivity contribution is 6.83. The van der Waals surface area contributed by atoms with E-state index in [0.29, 0.717) is 0 Å². The SMILES string of the molecule is C=C=C(C(C)(O)CCl)[Si](C)(C)C. The fourth-order valence-electron chi connectivity index (χ4n) is 1.33. The number of hydrogen-bond donors (Lipinski definition) is 1. The Labute approximate surface area is 80.8 Å². The van der Waals surface area contributed by atoms with Crippen molar-refractivity contribution in [2.45, 2.75) is 32.2 Å². The Bertz CT molecular complexity index is 209. The third kappa shape index (κ3) is 2.80. The van der Waals surface area contributed by atoms with E-state index in [1.807, 2.05) is 0 Å². The third-order valence-electron chi connectivity index (χ3n) is 1.73. The van der Waals surface area contributed by atoms with Crippen molar-refractivity contribution < 1.29 is 5.11 Å². The molecule has 1 nitrogen and oxygen atoms in total. The van der Waals surface area contributed by atoms with Gasteiger partial charge in [-0.3, -0.25) is 0 Å². The molecule has 0 aromatic heterocycles. The second kappa shape index (κ2) is 3.80. The number of aliphatic hydroxyl groups is 1. The fourth-order valence-corrected chi connectivity index (χ4v) is 3.81. The second-order valence-corrected chi connectivity index (χ2v) is 9.48. The Morgan fingerprint density at radius 2 is 2.00 bits per heavy atom. The molecule has 0 fully saturated rings. The molecule has 0 aliphatic rings. The first-order valence-corrected chi connectivity index (χ1v) is 7.98. The van der Waals surface area contributed by atoms with E-state index in [-0.39, 0.29) is 5.88 Å². The van der Waals surface area contributed by atoms with Crippen LogP contribution in [0.2, 0.25) is 19.6 Å². The third-order valence-corrected chi connectivity index (χ3v) is 4.46. The summed E-state index contributed by atoms with van der Waals surface area (Å²) in [5, 5.41) is 10.8. The Hall–Kier alpha value is -0.0131. The highest BCUT2D eigenvalue weighted by Gasteiger charge is 2.34. The van der Waals surface area contributed by atoms with Crippen LogP contribution in [-0.2, 0) is 0 Å². The molecular weight excluding hydrogens is 188 g/mol. The number of rotatable bonds is 3. The van der Waals surface area contributed by atoms with E-state index in [4.69, 9.17) is 11.6 Å². The molecule has 1 N–H and O–H groups in total. The lowest BCUT2D eigenvalue weighted by Gasteiger charge is -2.30. The van der Waals surface area contributed by atoms with Crippen LogP contribution >= 0.6 is 11.6 Å². The quantitative estimate of drug-likeness (QED) is 0.426. The minimum atomic E-state index is -1.53. The minimum Gasteiger partial charge on any atom is -0.384 e. The summed E-state index contributed by atoms with van der Waals surface area (Å²) >= 11 is 5.66. The predicted octanol–water partition coefficient (Wildman–Crippen LogP) is 2.56. The van der Waals surface area contributed by atoms with Crippen LogP contribution in [0.5, 0.6) is 0 Å². The van der Waals surface area contributed by atoms with Crippen molar-refractivity contribution in [3.63, 3.8) is 0 Å². The Kier molecular flexibility index (Phi) is 3.79. The maximum absolute atomic E-state index is 9.88. The zero-order valence-electron chi connectivity index (χ0n) is 8.24. The van der Waals surface area contributed by atoms with Crippen LogP contribution in [0.1, 0.15) is 6.92 Å². The van der Waals surface area contributed by atoms with Gasteiger partial charge in [0.05, 0.1) is 19.6 Å². The Balaban J connectivity index is 4.97. The summed E-state index contributed by atoms with van der Waals surface area (Å²) in [5.74, 6) is 0.203. The summed E-state index contributed by atoms with van der Waals surface area (Å²) < 4.78 is 0. The van der Waals surface area contributed by atoms with Crippen molar-refractivity contribution in [1.82, 2.24) is 0 Å². The van der Waals surface area contributed by atoms with Crippen LogP contribution < -0.4 is 0 Å². The molecule has 0 saturated heterocycles. The molecule has 12 heavy (non-hydrogen) atoms. The van der Waals surface area contributed by atoms with Crippen LogP contribution in [-0.4, -0.2) is 24.7 Å². The lowest BCUT2D eigenvalue weighted by atomic mass is 10.1. The number of halogens is 1. The van der Waals surface area contributed by atoms with Crippen molar-refractivity contribution in [2.75, 3.05) is 5.88 Å². The molecule has 0 aromatic rings. The van der Waals surface area contributed by atoms with E-state index >= 15 is 0 Å². The average molecular weight is 205 g/mol. The van der Waals surface area contributed by atoms with Gasteiger partial charge in [0, 0.05) is 0 Å². The smallest absolute Gasteiger partial charge is 0.0999 e.